The summed E-state index contributed by atoms with van der Waals surface area (Å²) < 4.78 is 127. The molecule has 2 aliphatic heterocycles. The second-order valence-electron chi connectivity index (χ2n) is 8.75. The van der Waals surface area contributed by atoms with E-state index in [-0.39, 0.29) is 0 Å². The van der Waals surface area contributed by atoms with Crippen LogP contribution in [0.1, 0.15) is 0 Å². The van der Waals surface area contributed by atoms with Crippen molar-refractivity contribution < 1.29 is 85.0 Å². The van der Waals surface area contributed by atoms with Gasteiger partial charge < -0.3 is 34.6 Å². The molecule has 0 amide bonds. The fraction of sp³-hybridized carbons (Fsp3) is 1.00. The summed E-state index contributed by atoms with van der Waals surface area (Å²) in [6.07, 6.45) is -13.9. The van der Waals surface area contributed by atoms with Crippen LogP contribution in [0.2, 0.25) is 0 Å². The molecule has 2 heterocycles. The molecule has 19 nitrogen and oxygen atoms in total. The largest absolute Gasteiger partial charge is 0.387 e. The molecule has 0 saturated carbocycles. The van der Waals surface area contributed by atoms with Gasteiger partial charge in [-0.05, 0) is 0 Å². The Morgan fingerprint density at radius 2 is 1.15 bits per heavy atom. The Morgan fingerprint density at radius 3 is 1.62 bits per heavy atom. The quantitative estimate of drug-likeness (QED) is 0.135. The summed E-state index contributed by atoms with van der Waals surface area (Å²) >= 11 is 0. The van der Waals surface area contributed by atoms with E-state index in [2.05, 4.69) is 12.5 Å². The SMILES string of the molecule is CS(=O)(=O)OC[C@@H]1O[C@H](O[C@]2(COS(C)(=O)=O)O[C@@H](COS(C)(=O)=O)[C@H](O)[C@@H]2O)[C@@H](OS(C)(=O)=O)[C@H](O)[C@H]1O. The summed E-state index contributed by atoms with van der Waals surface area (Å²) in [5, 5.41) is 42.1. The van der Waals surface area contributed by atoms with Gasteiger partial charge in [-0.15, -0.1) is 0 Å². The molecular weight excluding hydrogens is 624 g/mol. The third-order valence-electron chi connectivity index (χ3n) is 5.12. The molecule has 232 valence electrons. The Labute approximate surface area is 225 Å². The number of aliphatic hydroxyl groups excluding tert-OH is 4. The highest BCUT2D eigenvalue weighted by Crippen LogP contribution is 2.38. The summed E-state index contributed by atoms with van der Waals surface area (Å²) in [6, 6.07) is 0. The van der Waals surface area contributed by atoms with Crippen LogP contribution in [0, 0.1) is 0 Å². The number of ether oxygens (including phenoxy) is 3. The summed E-state index contributed by atoms with van der Waals surface area (Å²) in [5.41, 5.74) is 0. The van der Waals surface area contributed by atoms with E-state index in [0.29, 0.717) is 25.0 Å². The van der Waals surface area contributed by atoms with Crippen molar-refractivity contribution in [1.29, 1.82) is 0 Å². The molecule has 2 saturated heterocycles. The Morgan fingerprint density at radius 1 is 0.667 bits per heavy atom. The highest BCUT2D eigenvalue weighted by molar-refractivity contribution is 7.86. The molecule has 2 rings (SSSR count). The molecule has 2 fully saturated rings. The molecule has 0 unspecified atom stereocenters. The van der Waals surface area contributed by atoms with Gasteiger partial charge in [0.15, 0.2) is 12.4 Å². The Hall–Kier alpha value is -0.640. The van der Waals surface area contributed by atoms with Crippen molar-refractivity contribution >= 4 is 40.5 Å². The van der Waals surface area contributed by atoms with Crippen LogP contribution in [0.4, 0.5) is 0 Å². The summed E-state index contributed by atoms with van der Waals surface area (Å²) in [5.74, 6) is -2.79. The van der Waals surface area contributed by atoms with Crippen molar-refractivity contribution in [2.45, 2.75) is 54.8 Å². The lowest BCUT2D eigenvalue weighted by Crippen LogP contribution is -2.64. The van der Waals surface area contributed by atoms with Gasteiger partial charge >= 0.3 is 0 Å². The molecular formula is C16H30O19S4. The predicted molar refractivity (Wildman–Crippen MR) is 123 cm³/mol. The van der Waals surface area contributed by atoms with E-state index in [1.54, 1.807) is 0 Å². The van der Waals surface area contributed by atoms with Gasteiger partial charge in [0.05, 0.1) is 38.2 Å². The standard InChI is InChI=1S/C16H30O19S4/c1-36(21,22)29-5-8-10(17)12(19)13(35-39(4,27)28)15(32-8)34-16(7-31-38(3,25)26)14(20)11(18)9(33-16)6-30-37(2,23)24/h8-15,17-20H,5-7H2,1-4H3/t8-,9-,10-,11-,12+,13-,14-,15+,16-/m0/s1. The second-order valence-corrected chi connectivity index (χ2v) is 15.3. The van der Waals surface area contributed by atoms with E-state index in [9.17, 15) is 54.1 Å². The smallest absolute Gasteiger partial charge is 0.264 e. The Kier molecular flexibility index (Phi) is 10.9. The first kappa shape index (κ1) is 34.6. The van der Waals surface area contributed by atoms with Crippen molar-refractivity contribution in [3.63, 3.8) is 0 Å². The van der Waals surface area contributed by atoms with Crippen molar-refractivity contribution in [2.24, 2.45) is 0 Å². The van der Waals surface area contributed by atoms with Crippen molar-refractivity contribution in [3.05, 3.63) is 0 Å². The second kappa shape index (κ2) is 12.3. The monoisotopic (exact) mass is 654 g/mol. The zero-order valence-electron chi connectivity index (χ0n) is 20.8. The summed E-state index contributed by atoms with van der Waals surface area (Å²) in [6.45, 7) is -3.11. The first-order valence-corrected chi connectivity index (χ1v) is 17.8. The zero-order chi connectivity index (χ0) is 30.2. The number of hydrogen-bond donors (Lipinski definition) is 4. The maximum absolute atomic E-state index is 11.8. The van der Waals surface area contributed by atoms with Crippen molar-refractivity contribution in [2.75, 3.05) is 44.8 Å². The molecule has 0 bridgehead atoms. The van der Waals surface area contributed by atoms with Gasteiger partial charge in [-0.2, -0.15) is 33.7 Å². The van der Waals surface area contributed by atoms with E-state index in [4.69, 9.17) is 18.4 Å². The van der Waals surface area contributed by atoms with E-state index in [1.807, 2.05) is 0 Å². The average Bonchev–Trinajstić information content (AvgIpc) is 2.98. The molecule has 23 heteroatoms. The van der Waals surface area contributed by atoms with E-state index < -0.39 is 115 Å². The third kappa shape index (κ3) is 10.3. The van der Waals surface area contributed by atoms with Crippen LogP contribution in [0.15, 0.2) is 0 Å². The lowest BCUT2D eigenvalue weighted by Gasteiger charge is -2.44. The first-order chi connectivity index (χ1) is 17.4. The summed E-state index contributed by atoms with van der Waals surface area (Å²) in [4.78, 5) is 0. The van der Waals surface area contributed by atoms with Gasteiger partial charge in [0, 0.05) is 0 Å². The predicted octanol–water partition coefficient (Wildman–Crippen LogP) is -5.46. The Balaban J connectivity index is 2.49. The minimum Gasteiger partial charge on any atom is -0.387 e. The van der Waals surface area contributed by atoms with Gasteiger partial charge in [-0.25, -0.2) is 0 Å². The van der Waals surface area contributed by atoms with Crippen LogP contribution >= 0.6 is 0 Å². The molecule has 4 N–H and O–H groups in total. The molecule has 0 spiro atoms. The molecule has 0 aromatic heterocycles. The van der Waals surface area contributed by atoms with Crippen molar-refractivity contribution in [1.82, 2.24) is 0 Å². The third-order valence-corrected chi connectivity index (χ3v) is 7.37. The molecule has 2 aliphatic rings. The number of rotatable bonds is 13. The maximum atomic E-state index is 11.8. The summed E-state index contributed by atoms with van der Waals surface area (Å²) in [7, 11) is -17.0. The fourth-order valence-electron chi connectivity index (χ4n) is 3.45. The van der Waals surface area contributed by atoms with E-state index in [0.717, 1.165) is 0 Å². The van der Waals surface area contributed by atoms with Crippen LogP contribution in [-0.4, -0.2) is 154 Å². The first-order valence-electron chi connectivity index (χ1n) is 10.6. The van der Waals surface area contributed by atoms with Crippen LogP contribution in [0.3, 0.4) is 0 Å². The minimum absolute atomic E-state index is 0.549. The topological polar surface area (TPSA) is 282 Å². The molecule has 0 aromatic carbocycles. The molecule has 0 aromatic rings. The average molecular weight is 655 g/mol. The van der Waals surface area contributed by atoms with Gasteiger partial charge in [0.25, 0.3) is 40.5 Å². The highest BCUT2D eigenvalue weighted by Gasteiger charge is 2.60. The molecule has 9 atom stereocenters. The van der Waals surface area contributed by atoms with Crippen LogP contribution in [-0.2, 0) is 71.4 Å². The Bertz CT molecular complexity index is 1280. The van der Waals surface area contributed by atoms with Gasteiger partial charge in [0.2, 0.25) is 5.79 Å². The molecule has 0 aliphatic carbocycles. The fourth-order valence-corrected chi connectivity index (χ4v) is 5.20. The lowest BCUT2D eigenvalue weighted by atomic mass is 9.99. The molecule has 39 heavy (non-hydrogen) atoms. The molecule has 0 radical (unpaired) electrons. The minimum atomic E-state index is -4.44. The van der Waals surface area contributed by atoms with Crippen molar-refractivity contribution in [3.8, 4) is 0 Å². The van der Waals surface area contributed by atoms with Gasteiger partial charge in [-0.1, -0.05) is 0 Å². The zero-order valence-corrected chi connectivity index (χ0v) is 24.1. The highest BCUT2D eigenvalue weighted by atomic mass is 32.2. The lowest BCUT2D eigenvalue weighted by molar-refractivity contribution is -0.378. The maximum Gasteiger partial charge on any atom is 0.264 e. The van der Waals surface area contributed by atoms with Gasteiger partial charge in [-0.3, -0.25) is 16.7 Å². The van der Waals surface area contributed by atoms with Crippen LogP contribution < -0.4 is 0 Å². The van der Waals surface area contributed by atoms with E-state index in [1.165, 1.54) is 0 Å². The normalized spacial score (nSPS) is 36.7. The van der Waals surface area contributed by atoms with Crippen LogP contribution in [0.5, 0.6) is 0 Å². The number of aliphatic hydroxyl groups is 4. The van der Waals surface area contributed by atoms with Gasteiger partial charge in [0.1, 0.15) is 43.2 Å². The van der Waals surface area contributed by atoms with Crippen LogP contribution in [0.25, 0.3) is 0 Å². The number of hydrogen-bond acceptors (Lipinski definition) is 19. The van der Waals surface area contributed by atoms with E-state index >= 15 is 0 Å².